The van der Waals surface area contributed by atoms with Crippen molar-refractivity contribution in [3.63, 3.8) is 0 Å². The van der Waals surface area contributed by atoms with E-state index < -0.39 is 0 Å². The van der Waals surface area contributed by atoms with Gasteiger partial charge in [0.05, 0.1) is 5.52 Å². The quantitative estimate of drug-likeness (QED) is 0.776. The van der Waals surface area contributed by atoms with Crippen LogP contribution in [-0.4, -0.2) is 23.5 Å². The molecular formula is C14H16N2S. The Morgan fingerprint density at radius 2 is 2.18 bits per heavy atom. The number of fused-ring (bicyclic) bond motifs is 2. The molecule has 0 saturated heterocycles. The Kier molecular flexibility index (Phi) is 2.81. The normalized spacial score (nSPS) is 16.1. The Balaban J connectivity index is 2.30. The maximum absolute atomic E-state index is 4.80. The second kappa shape index (κ2) is 4.31. The summed E-state index contributed by atoms with van der Waals surface area (Å²) in [4.78, 5) is 7.15. The molecule has 0 amide bonds. The van der Waals surface area contributed by atoms with Gasteiger partial charge in [0.1, 0.15) is 0 Å². The van der Waals surface area contributed by atoms with E-state index in [-0.39, 0.29) is 0 Å². The van der Waals surface area contributed by atoms with Gasteiger partial charge < -0.3 is 4.90 Å². The van der Waals surface area contributed by atoms with Crippen molar-refractivity contribution in [1.82, 2.24) is 9.88 Å². The van der Waals surface area contributed by atoms with Gasteiger partial charge in [-0.05, 0) is 24.2 Å². The molecule has 0 fully saturated rings. The van der Waals surface area contributed by atoms with E-state index in [0.29, 0.717) is 0 Å². The number of aromatic nitrogens is 1. The van der Waals surface area contributed by atoms with Crippen molar-refractivity contribution in [2.45, 2.75) is 18.7 Å². The zero-order valence-electron chi connectivity index (χ0n) is 9.98. The van der Waals surface area contributed by atoms with Gasteiger partial charge >= 0.3 is 0 Å². The third kappa shape index (κ3) is 1.83. The summed E-state index contributed by atoms with van der Waals surface area (Å²) in [5.41, 5.74) is 5.14. The molecule has 2 heterocycles. The lowest BCUT2D eigenvalue weighted by molar-refractivity contribution is 0.309. The van der Waals surface area contributed by atoms with Crippen molar-refractivity contribution in [3.05, 3.63) is 41.1 Å². The van der Waals surface area contributed by atoms with Crippen LogP contribution >= 0.6 is 12.6 Å². The Bertz CT molecular complexity index is 565. The summed E-state index contributed by atoms with van der Waals surface area (Å²) in [6.07, 6.45) is 1.05. The maximum Gasteiger partial charge on any atom is 0.0708 e. The average Bonchev–Trinajstić information content (AvgIpc) is 2.36. The molecule has 0 unspecified atom stereocenters. The van der Waals surface area contributed by atoms with Crippen LogP contribution in [0.4, 0.5) is 0 Å². The van der Waals surface area contributed by atoms with Crippen LogP contribution in [-0.2, 0) is 18.7 Å². The van der Waals surface area contributed by atoms with Gasteiger partial charge in [0, 0.05) is 36.3 Å². The predicted molar refractivity (Wildman–Crippen MR) is 74.5 cm³/mol. The summed E-state index contributed by atoms with van der Waals surface area (Å²) < 4.78 is 0. The summed E-state index contributed by atoms with van der Waals surface area (Å²) in [5, 5.41) is 1.26. The van der Waals surface area contributed by atoms with Gasteiger partial charge in [0.15, 0.2) is 0 Å². The van der Waals surface area contributed by atoms with E-state index in [4.69, 9.17) is 4.98 Å². The van der Waals surface area contributed by atoms with Crippen LogP contribution in [0, 0.1) is 0 Å². The molecule has 1 aliphatic heterocycles. The highest BCUT2D eigenvalue weighted by Gasteiger charge is 2.19. The molecule has 3 heteroatoms. The van der Waals surface area contributed by atoms with Crippen LogP contribution in [0.3, 0.4) is 0 Å². The Morgan fingerprint density at radius 3 is 3.00 bits per heavy atom. The van der Waals surface area contributed by atoms with Crippen molar-refractivity contribution in [2.75, 3.05) is 13.6 Å². The number of benzene rings is 1. The zero-order chi connectivity index (χ0) is 11.8. The van der Waals surface area contributed by atoms with Crippen LogP contribution in [0.15, 0.2) is 24.3 Å². The second-order valence-electron chi connectivity index (χ2n) is 4.68. The first-order chi connectivity index (χ1) is 8.29. The smallest absolute Gasteiger partial charge is 0.0708 e. The third-order valence-corrected chi connectivity index (χ3v) is 3.83. The fraction of sp³-hybridized carbons (Fsp3) is 0.357. The molecule has 1 aliphatic rings. The van der Waals surface area contributed by atoms with Gasteiger partial charge in [-0.2, -0.15) is 12.6 Å². The Hall–Kier alpha value is -1.06. The summed E-state index contributed by atoms with van der Waals surface area (Å²) in [6, 6.07) is 8.39. The first-order valence-electron chi connectivity index (χ1n) is 5.98. The van der Waals surface area contributed by atoms with Gasteiger partial charge in [0.25, 0.3) is 0 Å². The highest BCUT2D eigenvalue weighted by Crippen LogP contribution is 2.28. The molecule has 3 rings (SSSR count). The van der Waals surface area contributed by atoms with E-state index in [1.807, 2.05) is 0 Å². The molecule has 2 aromatic rings. The number of likely N-dealkylation sites (N-methyl/N-ethyl adjacent to an activating group) is 1. The van der Waals surface area contributed by atoms with Crippen LogP contribution in [0.1, 0.15) is 16.8 Å². The number of hydrogen-bond acceptors (Lipinski definition) is 3. The van der Waals surface area contributed by atoms with Crippen molar-refractivity contribution >= 4 is 23.5 Å². The fourth-order valence-electron chi connectivity index (χ4n) is 2.60. The van der Waals surface area contributed by atoms with Gasteiger partial charge in [0.2, 0.25) is 0 Å². The predicted octanol–water partition coefficient (Wildman–Crippen LogP) is 2.65. The number of para-hydroxylation sites is 1. The highest BCUT2D eigenvalue weighted by atomic mass is 32.1. The summed E-state index contributed by atoms with van der Waals surface area (Å²) >= 11 is 4.50. The van der Waals surface area contributed by atoms with Crippen molar-refractivity contribution in [1.29, 1.82) is 0 Å². The first-order valence-corrected chi connectivity index (χ1v) is 6.61. The molecule has 0 radical (unpaired) electrons. The fourth-order valence-corrected chi connectivity index (χ4v) is 2.96. The van der Waals surface area contributed by atoms with Gasteiger partial charge in [-0.1, -0.05) is 18.2 Å². The molecule has 1 aromatic heterocycles. The lowest BCUT2D eigenvalue weighted by atomic mass is 9.97. The Labute approximate surface area is 107 Å². The van der Waals surface area contributed by atoms with E-state index >= 15 is 0 Å². The minimum atomic E-state index is 0.791. The van der Waals surface area contributed by atoms with Gasteiger partial charge in [-0.3, -0.25) is 4.98 Å². The molecule has 1 aromatic carbocycles. The molecule has 0 spiro atoms. The van der Waals surface area contributed by atoms with E-state index in [9.17, 15) is 0 Å². The zero-order valence-corrected chi connectivity index (χ0v) is 10.9. The van der Waals surface area contributed by atoms with Crippen LogP contribution in [0.25, 0.3) is 10.9 Å². The van der Waals surface area contributed by atoms with Crippen molar-refractivity contribution in [2.24, 2.45) is 0 Å². The maximum atomic E-state index is 4.80. The number of hydrogen-bond donors (Lipinski definition) is 1. The first kappa shape index (κ1) is 11.1. The largest absolute Gasteiger partial charge is 0.302 e. The summed E-state index contributed by atoms with van der Waals surface area (Å²) in [5.74, 6) is 0.791. The second-order valence-corrected chi connectivity index (χ2v) is 4.99. The SMILES string of the molecule is CN1CCc2nc3ccccc3c(CS)c2C1. The molecular weight excluding hydrogens is 228 g/mol. The monoisotopic (exact) mass is 244 g/mol. The summed E-state index contributed by atoms with van der Waals surface area (Å²) in [7, 11) is 2.17. The average molecular weight is 244 g/mol. The lowest BCUT2D eigenvalue weighted by Gasteiger charge is -2.27. The van der Waals surface area contributed by atoms with Crippen molar-refractivity contribution in [3.8, 4) is 0 Å². The van der Waals surface area contributed by atoms with Crippen molar-refractivity contribution < 1.29 is 0 Å². The van der Waals surface area contributed by atoms with Gasteiger partial charge in [-0.25, -0.2) is 0 Å². The number of rotatable bonds is 1. The minimum Gasteiger partial charge on any atom is -0.302 e. The standard InChI is InChI=1S/C14H16N2S/c1-16-7-6-14-11(8-16)12(9-17)10-4-2-3-5-13(10)15-14/h2-5,17H,6-9H2,1H3. The third-order valence-electron chi connectivity index (χ3n) is 3.51. The molecule has 88 valence electrons. The molecule has 17 heavy (non-hydrogen) atoms. The topological polar surface area (TPSA) is 16.1 Å². The van der Waals surface area contributed by atoms with Crippen LogP contribution < -0.4 is 0 Å². The van der Waals surface area contributed by atoms with Crippen LogP contribution in [0.5, 0.6) is 0 Å². The van der Waals surface area contributed by atoms with E-state index in [1.165, 1.54) is 22.2 Å². The van der Waals surface area contributed by atoms with E-state index in [0.717, 1.165) is 30.8 Å². The Morgan fingerprint density at radius 1 is 1.35 bits per heavy atom. The molecule has 0 atom stereocenters. The van der Waals surface area contributed by atoms with E-state index in [1.54, 1.807) is 0 Å². The summed E-state index contributed by atoms with van der Waals surface area (Å²) in [6.45, 7) is 2.10. The van der Waals surface area contributed by atoms with Crippen LogP contribution in [0.2, 0.25) is 0 Å². The molecule has 2 nitrogen and oxygen atoms in total. The number of thiol groups is 1. The minimum absolute atomic E-state index is 0.791. The number of pyridine rings is 1. The highest BCUT2D eigenvalue weighted by molar-refractivity contribution is 7.79. The molecule has 0 saturated carbocycles. The molecule has 0 N–H and O–H groups in total. The molecule has 0 bridgehead atoms. The van der Waals surface area contributed by atoms with E-state index in [2.05, 4.69) is 48.8 Å². The molecule has 0 aliphatic carbocycles. The van der Waals surface area contributed by atoms with Gasteiger partial charge in [-0.15, -0.1) is 0 Å². The number of nitrogens with zero attached hydrogens (tertiary/aromatic N) is 2. The lowest BCUT2D eigenvalue weighted by Crippen LogP contribution is -2.28.